The van der Waals surface area contributed by atoms with Crippen LogP contribution in [0.3, 0.4) is 0 Å². The van der Waals surface area contributed by atoms with E-state index < -0.39 is 24.3 Å². The Morgan fingerprint density at radius 2 is 1.81 bits per heavy atom. The maximum absolute atomic E-state index is 12.6. The summed E-state index contributed by atoms with van der Waals surface area (Å²) >= 11 is 0. The number of allylic oxidation sites excluding steroid dienone is 1. The van der Waals surface area contributed by atoms with E-state index in [1.807, 2.05) is 13.0 Å². The van der Waals surface area contributed by atoms with Gasteiger partial charge in [0.25, 0.3) is 0 Å². The van der Waals surface area contributed by atoms with Crippen LogP contribution in [0.1, 0.15) is 31.4 Å². The second kappa shape index (κ2) is 13.8. The number of carbonyl (C=O) groups is 2. The van der Waals surface area contributed by atoms with E-state index in [9.17, 15) is 9.59 Å². The van der Waals surface area contributed by atoms with Crippen molar-refractivity contribution in [3.05, 3.63) is 72.3 Å². The molecule has 0 unspecified atom stereocenters. The number of carboxylic acid groups (broad SMARTS) is 1. The van der Waals surface area contributed by atoms with Crippen molar-refractivity contribution in [3.63, 3.8) is 0 Å². The first kappa shape index (κ1) is 24.9. The smallest absolute Gasteiger partial charge is 0.412 e. The summed E-state index contributed by atoms with van der Waals surface area (Å²) in [5, 5.41) is 20.4. The zero-order valence-corrected chi connectivity index (χ0v) is 18.0. The fourth-order valence-electron chi connectivity index (χ4n) is 3.04. The van der Waals surface area contributed by atoms with Gasteiger partial charge in [0.2, 0.25) is 0 Å². The summed E-state index contributed by atoms with van der Waals surface area (Å²) in [4.78, 5) is 23.3. The summed E-state index contributed by atoms with van der Waals surface area (Å²) in [5.41, 5.74) is 1.30. The molecule has 0 bridgehead atoms. The van der Waals surface area contributed by atoms with E-state index in [0.717, 1.165) is 6.08 Å². The van der Waals surface area contributed by atoms with Crippen molar-refractivity contribution in [3.8, 4) is 5.75 Å². The summed E-state index contributed by atoms with van der Waals surface area (Å²) in [5.74, 6) is -0.445. The number of hydrogen-bond donors (Lipinski definition) is 3. The third kappa shape index (κ3) is 8.79. The van der Waals surface area contributed by atoms with Crippen molar-refractivity contribution in [1.29, 1.82) is 0 Å². The minimum absolute atomic E-state index is 0.0938. The first-order valence-electron chi connectivity index (χ1n) is 10.4. The fourth-order valence-corrected chi connectivity index (χ4v) is 3.04. The van der Waals surface area contributed by atoms with E-state index in [-0.39, 0.29) is 13.2 Å². The zero-order valence-electron chi connectivity index (χ0n) is 18.0. The number of benzene rings is 2. The number of carbonyl (C=O) groups excluding carboxylic acids is 1. The Labute approximate surface area is 187 Å². The van der Waals surface area contributed by atoms with Crippen LogP contribution < -0.4 is 10.1 Å². The number of ether oxygens (including phenoxy) is 3. The molecular weight excluding hydrogens is 414 g/mol. The molecule has 8 heteroatoms. The molecule has 32 heavy (non-hydrogen) atoms. The van der Waals surface area contributed by atoms with E-state index >= 15 is 0 Å². The molecule has 0 fully saturated rings. The minimum atomic E-state index is -1.02. The standard InChI is InChI=1S/C24H29NO7/c1-2-30-21(10-6-7-11-22(27)28)23(18-12-14-20(15-13-18)31-17-16-26)32-24(29)25-19-8-4-3-5-9-19/h3-5,7-9,11-15,21,23,26H,2,6,10,16-17H2,1H3,(H,25,29)(H,27,28)/b11-7+/t21-,23-/m1/s1. The molecule has 172 valence electrons. The van der Waals surface area contributed by atoms with Gasteiger partial charge in [-0.1, -0.05) is 36.4 Å². The Bertz CT molecular complexity index is 852. The third-order valence-corrected chi connectivity index (χ3v) is 4.42. The molecule has 0 spiro atoms. The van der Waals surface area contributed by atoms with Crippen molar-refractivity contribution in [1.82, 2.24) is 0 Å². The van der Waals surface area contributed by atoms with Gasteiger partial charge in [-0.3, -0.25) is 5.32 Å². The van der Waals surface area contributed by atoms with Crippen LogP contribution in [0.5, 0.6) is 5.75 Å². The highest BCUT2D eigenvalue weighted by atomic mass is 16.6. The topological polar surface area (TPSA) is 114 Å². The number of amides is 1. The lowest BCUT2D eigenvalue weighted by molar-refractivity contribution is -0.131. The van der Waals surface area contributed by atoms with Gasteiger partial charge in [-0.25, -0.2) is 9.59 Å². The number of hydrogen-bond acceptors (Lipinski definition) is 6. The lowest BCUT2D eigenvalue weighted by atomic mass is 10.00. The Kier molecular flexibility index (Phi) is 10.8. The number of rotatable bonds is 13. The number of para-hydroxylation sites is 1. The molecule has 0 aliphatic rings. The molecule has 2 aromatic rings. The highest BCUT2D eigenvalue weighted by molar-refractivity contribution is 5.84. The molecule has 0 heterocycles. The van der Waals surface area contributed by atoms with Gasteiger partial charge in [0.15, 0.2) is 6.10 Å². The van der Waals surface area contributed by atoms with Crippen LogP contribution in [0.4, 0.5) is 10.5 Å². The lowest BCUT2D eigenvalue weighted by Gasteiger charge is -2.27. The summed E-state index contributed by atoms with van der Waals surface area (Å²) in [6.07, 6.45) is 1.65. The molecule has 0 aliphatic carbocycles. The van der Waals surface area contributed by atoms with Crippen LogP contribution in [0.15, 0.2) is 66.7 Å². The lowest BCUT2D eigenvalue weighted by Crippen LogP contribution is -2.29. The fraction of sp³-hybridized carbons (Fsp3) is 0.333. The molecule has 3 N–H and O–H groups in total. The van der Waals surface area contributed by atoms with Crippen LogP contribution >= 0.6 is 0 Å². The Hall–Kier alpha value is -3.36. The van der Waals surface area contributed by atoms with Gasteiger partial charge >= 0.3 is 12.1 Å². The van der Waals surface area contributed by atoms with Crippen molar-refractivity contribution < 1.29 is 34.0 Å². The van der Waals surface area contributed by atoms with E-state index in [1.165, 1.54) is 0 Å². The van der Waals surface area contributed by atoms with Gasteiger partial charge in [-0.2, -0.15) is 0 Å². The Morgan fingerprint density at radius 3 is 2.44 bits per heavy atom. The van der Waals surface area contributed by atoms with Gasteiger partial charge < -0.3 is 24.4 Å². The Balaban J connectivity index is 2.20. The molecule has 0 saturated heterocycles. The molecular formula is C24H29NO7. The van der Waals surface area contributed by atoms with Crippen LogP contribution in [0.25, 0.3) is 0 Å². The SMILES string of the molecule is CCO[C@H](CC/C=C/C(=O)O)[C@H](OC(=O)Nc1ccccc1)c1ccc(OCCO)cc1. The summed E-state index contributed by atoms with van der Waals surface area (Å²) < 4.78 is 17.0. The average molecular weight is 443 g/mol. The minimum Gasteiger partial charge on any atom is -0.491 e. The molecule has 2 aromatic carbocycles. The second-order valence-corrected chi connectivity index (χ2v) is 6.77. The molecule has 0 radical (unpaired) electrons. The van der Waals surface area contributed by atoms with E-state index in [4.69, 9.17) is 24.4 Å². The van der Waals surface area contributed by atoms with Crippen LogP contribution in [-0.2, 0) is 14.3 Å². The number of aliphatic hydroxyl groups excluding tert-OH is 1. The maximum atomic E-state index is 12.6. The highest BCUT2D eigenvalue weighted by Crippen LogP contribution is 2.29. The molecule has 0 aliphatic heterocycles. The van der Waals surface area contributed by atoms with E-state index in [2.05, 4.69) is 5.32 Å². The Morgan fingerprint density at radius 1 is 1.09 bits per heavy atom. The predicted octanol–water partition coefficient (Wildman–Crippen LogP) is 4.17. The van der Waals surface area contributed by atoms with Gasteiger partial charge in [0, 0.05) is 18.4 Å². The quantitative estimate of drug-likeness (QED) is 0.398. The van der Waals surface area contributed by atoms with Crippen molar-refractivity contribution in [2.24, 2.45) is 0 Å². The van der Waals surface area contributed by atoms with Gasteiger partial charge in [-0.05, 0) is 49.6 Å². The van der Waals surface area contributed by atoms with Crippen LogP contribution in [0, 0.1) is 0 Å². The number of carboxylic acids is 1. The molecule has 2 atom stereocenters. The summed E-state index contributed by atoms with van der Waals surface area (Å²) in [7, 11) is 0. The predicted molar refractivity (Wildman–Crippen MR) is 120 cm³/mol. The average Bonchev–Trinajstić information content (AvgIpc) is 2.79. The first-order chi connectivity index (χ1) is 15.5. The van der Waals surface area contributed by atoms with E-state index in [1.54, 1.807) is 54.6 Å². The van der Waals surface area contributed by atoms with Gasteiger partial charge in [0.05, 0.1) is 12.7 Å². The largest absolute Gasteiger partial charge is 0.491 e. The number of nitrogens with one attached hydrogen (secondary N) is 1. The normalized spacial score (nSPS) is 12.8. The molecule has 2 rings (SSSR count). The summed E-state index contributed by atoms with van der Waals surface area (Å²) in [6, 6.07) is 15.9. The molecule has 0 aromatic heterocycles. The van der Waals surface area contributed by atoms with Gasteiger partial charge in [-0.15, -0.1) is 0 Å². The molecule has 1 amide bonds. The molecule has 8 nitrogen and oxygen atoms in total. The van der Waals surface area contributed by atoms with Crippen molar-refractivity contribution in [2.45, 2.75) is 32.0 Å². The van der Waals surface area contributed by atoms with Crippen LogP contribution in [-0.4, -0.2) is 48.2 Å². The van der Waals surface area contributed by atoms with Gasteiger partial charge in [0.1, 0.15) is 12.4 Å². The van der Waals surface area contributed by atoms with Crippen molar-refractivity contribution >= 4 is 17.7 Å². The maximum Gasteiger partial charge on any atom is 0.412 e. The second-order valence-electron chi connectivity index (χ2n) is 6.77. The van der Waals surface area contributed by atoms with E-state index in [0.29, 0.717) is 36.4 Å². The number of aliphatic carboxylic acids is 1. The monoisotopic (exact) mass is 443 g/mol. The zero-order chi connectivity index (χ0) is 23.2. The summed E-state index contributed by atoms with van der Waals surface area (Å²) in [6.45, 7) is 2.32. The van der Waals surface area contributed by atoms with Crippen molar-refractivity contribution in [2.75, 3.05) is 25.1 Å². The highest BCUT2D eigenvalue weighted by Gasteiger charge is 2.27. The third-order valence-electron chi connectivity index (χ3n) is 4.42. The number of anilines is 1. The van der Waals surface area contributed by atoms with Crippen LogP contribution in [0.2, 0.25) is 0 Å². The molecule has 0 saturated carbocycles. The first-order valence-corrected chi connectivity index (χ1v) is 10.4. The number of aliphatic hydroxyl groups is 1.